The molecular formula is C21H22N6O3S2. The molecule has 9 nitrogen and oxygen atoms in total. The van der Waals surface area contributed by atoms with Crippen LogP contribution in [-0.2, 0) is 21.2 Å². The van der Waals surface area contributed by atoms with Gasteiger partial charge in [0.05, 0.1) is 10.6 Å². The van der Waals surface area contributed by atoms with E-state index >= 15 is 0 Å². The Morgan fingerprint density at radius 2 is 1.91 bits per heavy atom. The van der Waals surface area contributed by atoms with E-state index in [-0.39, 0.29) is 17.2 Å². The molecule has 0 saturated heterocycles. The van der Waals surface area contributed by atoms with E-state index in [1.165, 1.54) is 29.7 Å². The number of amides is 1. The zero-order valence-electron chi connectivity index (χ0n) is 17.8. The molecule has 0 unspecified atom stereocenters. The summed E-state index contributed by atoms with van der Waals surface area (Å²) in [6.07, 6.45) is 2.31. The Morgan fingerprint density at radius 3 is 2.59 bits per heavy atom. The number of thiazole rings is 1. The van der Waals surface area contributed by atoms with Gasteiger partial charge in [-0.05, 0) is 57.0 Å². The van der Waals surface area contributed by atoms with E-state index in [0.29, 0.717) is 17.2 Å². The number of sulfonamides is 1. The summed E-state index contributed by atoms with van der Waals surface area (Å²) in [5.41, 5.74) is 5.05. The number of carbonyl (C=O) groups is 1. The van der Waals surface area contributed by atoms with Gasteiger partial charge in [-0.15, -0.1) is 11.3 Å². The van der Waals surface area contributed by atoms with E-state index in [0.717, 1.165) is 28.3 Å². The van der Waals surface area contributed by atoms with Crippen molar-refractivity contribution in [1.29, 1.82) is 0 Å². The molecule has 0 aliphatic carbocycles. The van der Waals surface area contributed by atoms with E-state index < -0.39 is 10.0 Å². The van der Waals surface area contributed by atoms with Crippen LogP contribution in [0.3, 0.4) is 0 Å². The van der Waals surface area contributed by atoms with Crippen LogP contribution in [0.4, 0.5) is 10.8 Å². The Hall–Kier alpha value is -3.31. The van der Waals surface area contributed by atoms with E-state index in [9.17, 15) is 13.2 Å². The molecule has 0 aliphatic heterocycles. The van der Waals surface area contributed by atoms with Crippen molar-refractivity contribution in [3.05, 3.63) is 64.6 Å². The Kier molecular flexibility index (Phi) is 5.94. The molecule has 0 aliphatic rings. The van der Waals surface area contributed by atoms with E-state index in [1.54, 1.807) is 22.0 Å². The second kappa shape index (κ2) is 8.67. The molecule has 2 N–H and O–H groups in total. The van der Waals surface area contributed by atoms with Crippen LogP contribution in [-0.4, -0.2) is 33.9 Å². The van der Waals surface area contributed by atoms with Crippen LogP contribution in [0.25, 0.3) is 5.65 Å². The molecule has 3 aromatic heterocycles. The minimum Gasteiger partial charge on any atom is -0.326 e. The van der Waals surface area contributed by atoms with Crippen LogP contribution >= 0.6 is 11.3 Å². The highest BCUT2D eigenvalue weighted by Gasteiger charge is 2.16. The number of hydrogen-bond acceptors (Lipinski definition) is 7. The van der Waals surface area contributed by atoms with Gasteiger partial charge >= 0.3 is 0 Å². The van der Waals surface area contributed by atoms with Gasteiger partial charge in [0.1, 0.15) is 0 Å². The molecule has 4 aromatic rings. The molecule has 1 amide bonds. The minimum absolute atomic E-state index is 0.0887. The summed E-state index contributed by atoms with van der Waals surface area (Å²) in [6, 6.07) is 7.93. The monoisotopic (exact) mass is 470 g/mol. The number of aryl methyl sites for hydroxylation is 3. The lowest BCUT2D eigenvalue weighted by Gasteiger charge is -2.11. The largest absolute Gasteiger partial charge is 0.326 e. The minimum atomic E-state index is -3.73. The number of nitrogens with zero attached hydrogens (tertiary/aromatic N) is 4. The molecule has 0 bridgehead atoms. The fourth-order valence-corrected chi connectivity index (χ4v) is 5.22. The molecule has 0 saturated carbocycles. The number of anilines is 2. The van der Waals surface area contributed by atoms with Crippen molar-refractivity contribution in [2.24, 2.45) is 0 Å². The van der Waals surface area contributed by atoms with Crippen molar-refractivity contribution in [3.8, 4) is 0 Å². The van der Waals surface area contributed by atoms with Gasteiger partial charge in [-0.2, -0.15) is 5.10 Å². The van der Waals surface area contributed by atoms with Gasteiger partial charge in [0.2, 0.25) is 5.91 Å². The summed E-state index contributed by atoms with van der Waals surface area (Å²) in [5, 5.41) is 9.25. The normalized spacial score (nSPS) is 11.6. The molecular weight excluding hydrogens is 448 g/mol. The van der Waals surface area contributed by atoms with Gasteiger partial charge in [0.25, 0.3) is 10.0 Å². The molecule has 11 heteroatoms. The summed E-state index contributed by atoms with van der Waals surface area (Å²) in [6.45, 7) is 5.82. The summed E-state index contributed by atoms with van der Waals surface area (Å²) in [5.74, 6) is -0.169. The van der Waals surface area contributed by atoms with Crippen LogP contribution < -0.4 is 10.0 Å². The van der Waals surface area contributed by atoms with E-state index in [4.69, 9.17) is 0 Å². The lowest BCUT2D eigenvalue weighted by molar-refractivity contribution is -0.116. The Labute approximate surface area is 189 Å². The molecule has 0 fully saturated rings. The second-order valence-electron chi connectivity index (χ2n) is 7.33. The molecule has 166 valence electrons. The highest BCUT2D eigenvalue weighted by molar-refractivity contribution is 7.93. The van der Waals surface area contributed by atoms with Crippen molar-refractivity contribution in [1.82, 2.24) is 19.6 Å². The maximum Gasteiger partial charge on any atom is 0.263 e. The van der Waals surface area contributed by atoms with Crippen molar-refractivity contribution in [3.63, 3.8) is 0 Å². The predicted molar refractivity (Wildman–Crippen MR) is 124 cm³/mol. The molecule has 32 heavy (non-hydrogen) atoms. The summed E-state index contributed by atoms with van der Waals surface area (Å²) in [4.78, 5) is 21.1. The number of aromatic nitrogens is 4. The maximum absolute atomic E-state index is 12.5. The van der Waals surface area contributed by atoms with E-state index in [1.807, 2.05) is 26.8 Å². The Balaban J connectivity index is 1.40. The quantitative estimate of drug-likeness (QED) is 0.427. The number of hydrogen-bond donors (Lipinski definition) is 2. The predicted octanol–water partition coefficient (Wildman–Crippen LogP) is 3.48. The van der Waals surface area contributed by atoms with Crippen LogP contribution in [0, 0.1) is 20.8 Å². The third-order valence-corrected chi connectivity index (χ3v) is 7.16. The first-order valence-electron chi connectivity index (χ1n) is 9.87. The average molecular weight is 471 g/mol. The fraction of sp³-hybridized carbons (Fsp3) is 0.238. The lowest BCUT2D eigenvalue weighted by Crippen LogP contribution is -2.15. The first-order chi connectivity index (χ1) is 15.2. The number of fused-ring (bicyclic) bond motifs is 1. The van der Waals surface area contributed by atoms with Crippen molar-refractivity contribution >= 4 is 43.7 Å². The lowest BCUT2D eigenvalue weighted by atomic mass is 10.1. The fourth-order valence-electron chi connectivity index (χ4n) is 3.43. The second-order valence-corrected chi connectivity index (χ2v) is 9.91. The Bertz CT molecular complexity index is 1380. The topological polar surface area (TPSA) is 118 Å². The number of benzene rings is 1. The summed E-state index contributed by atoms with van der Waals surface area (Å²) >= 11 is 1.19. The van der Waals surface area contributed by atoms with Gasteiger partial charge in [0, 0.05) is 41.1 Å². The van der Waals surface area contributed by atoms with Crippen molar-refractivity contribution in [2.75, 3.05) is 10.0 Å². The number of carbonyl (C=O) groups excluding carboxylic acids is 1. The van der Waals surface area contributed by atoms with Gasteiger partial charge < -0.3 is 5.32 Å². The van der Waals surface area contributed by atoms with E-state index in [2.05, 4.69) is 25.1 Å². The van der Waals surface area contributed by atoms with Crippen molar-refractivity contribution in [2.45, 2.75) is 38.5 Å². The Morgan fingerprint density at radius 1 is 1.16 bits per heavy atom. The first kappa shape index (κ1) is 21.9. The third-order valence-electron chi connectivity index (χ3n) is 4.99. The zero-order chi connectivity index (χ0) is 22.9. The van der Waals surface area contributed by atoms with Crippen molar-refractivity contribution < 1.29 is 13.2 Å². The van der Waals surface area contributed by atoms with Crippen LogP contribution in [0.15, 0.2) is 46.8 Å². The highest BCUT2D eigenvalue weighted by atomic mass is 32.2. The standard InChI is InChI=1S/C21H22N6O3S2/c1-13-12-19-23-14(2)18(15(3)27(19)25-13)8-9-20(28)24-16-4-6-17(7-5-16)32(29,30)26-21-22-10-11-31-21/h4-7,10-12H,8-9H2,1-3H3,(H,22,26)(H,24,28). The maximum atomic E-state index is 12.5. The van der Waals surface area contributed by atoms with Gasteiger partial charge in [0.15, 0.2) is 10.8 Å². The first-order valence-corrected chi connectivity index (χ1v) is 12.2. The third kappa shape index (κ3) is 4.63. The molecule has 3 heterocycles. The molecule has 0 atom stereocenters. The smallest absolute Gasteiger partial charge is 0.263 e. The summed E-state index contributed by atoms with van der Waals surface area (Å²) < 4.78 is 29.0. The number of rotatable bonds is 7. The van der Waals surface area contributed by atoms with Crippen LogP contribution in [0.5, 0.6) is 0 Å². The molecule has 4 rings (SSSR count). The SMILES string of the molecule is Cc1cc2nc(C)c(CCC(=O)Nc3ccc(S(=O)(=O)Nc4nccs4)cc3)c(C)n2n1. The van der Waals surface area contributed by atoms with Gasteiger partial charge in [-0.25, -0.2) is 22.9 Å². The molecule has 0 radical (unpaired) electrons. The van der Waals surface area contributed by atoms with Crippen LogP contribution in [0.2, 0.25) is 0 Å². The molecule has 0 spiro atoms. The number of nitrogens with one attached hydrogen (secondary N) is 2. The highest BCUT2D eigenvalue weighted by Crippen LogP contribution is 2.20. The summed E-state index contributed by atoms with van der Waals surface area (Å²) in [7, 11) is -3.73. The zero-order valence-corrected chi connectivity index (χ0v) is 19.4. The van der Waals surface area contributed by atoms with Gasteiger partial charge in [-0.3, -0.25) is 9.52 Å². The van der Waals surface area contributed by atoms with Gasteiger partial charge in [-0.1, -0.05) is 0 Å². The molecule has 1 aromatic carbocycles. The van der Waals surface area contributed by atoms with Crippen LogP contribution in [0.1, 0.15) is 29.1 Å². The average Bonchev–Trinajstić information content (AvgIpc) is 3.37.